The molecule has 2 saturated carbocycles. The lowest BCUT2D eigenvalue weighted by atomic mass is 9.62. The first-order valence-electron chi connectivity index (χ1n) is 11.0. The summed E-state index contributed by atoms with van der Waals surface area (Å²) in [7, 11) is 1.38. The molecule has 5 nitrogen and oxygen atoms in total. The Labute approximate surface area is 174 Å². The number of esters is 1. The minimum Gasteiger partial charge on any atom is -0.469 e. The van der Waals surface area contributed by atoms with E-state index in [1.807, 2.05) is 12.2 Å². The molecular formula is C24H36O5. The van der Waals surface area contributed by atoms with E-state index in [0.717, 1.165) is 32.1 Å². The molecule has 0 aliphatic heterocycles. The van der Waals surface area contributed by atoms with Gasteiger partial charge in [0.2, 0.25) is 0 Å². The van der Waals surface area contributed by atoms with Crippen molar-refractivity contribution in [3.05, 3.63) is 12.2 Å². The Bertz CT molecular complexity index is 637. The number of carbonyl (C=O) groups excluding carboxylic acids is 2. The lowest BCUT2D eigenvalue weighted by molar-refractivity contribution is -0.140. The Morgan fingerprint density at radius 2 is 2.14 bits per heavy atom. The van der Waals surface area contributed by atoms with Gasteiger partial charge in [0.1, 0.15) is 5.78 Å². The molecule has 2 aliphatic rings. The van der Waals surface area contributed by atoms with Gasteiger partial charge in [-0.25, -0.2) is 0 Å². The summed E-state index contributed by atoms with van der Waals surface area (Å²) in [6, 6.07) is 0. The van der Waals surface area contributed by atoms with E-state index in [1.54, 1.807) is 0 Å². The van der Waals surface area contributed by atoms with Crippen LogP contribution in [0.4, 0.5) is 0 Å². The summed E-state index contributed by atoms with van der Waals surface area (Å²) in [6.07, 6.45) is 11.1. The zero-order valence-electron chi connectivity index (χ0n) is 17.9. The van der Waals surface area contributed by atoms with Gasteiger partial charge in [-0.3, -0.25) is 9.59 Å². The minimum atomic E-state index is -0.724. The third-order valence-corrected chi connectivity index (χ3v) is 6.58. The SMILES string of the molecule is CCCC1(C(O)CC#C[C@H]2[C@H](O)CC(=O)[C@@H]2CC=CCCCC(=O)OC)CCC1. The number of hydrogen-bond acceptors (Lipinski definition) is 5. The summed E-state index contributed by atoms with van der Waals surface area (Å²) in [4.78, 5) is 23.4. The molecular weight excluding hydrogens is 368 g/mol. The third kappa shape index (κ3) is 6.42. The average Bonchev–Trinajstić information content (AvgIpc) is 2.93. The van der Waals surface area contributed by atoms with Gasteiger partial charge in [-0.15, -0.1) is 5.92 Å². The molecule has 0 spiro atoms. The fourth-order valence-corrected chi connectivity index (χ4v) is 4.62. The van der Waals surface area contributed by atoms with Gasteiger partial charge >= 0.3 is 5.97 Å². The predicted octanol–water partition coefficient (Wildman–Crippen LogP) is 3.57. The van der Waals surface area contributed by atoms with Crippen molar-refractivity contribution in [2.24, 2.45) is 17.3 Å². The van der Waals surface area contributed by atoms with Crippen LogP contribution in [-0.2, 0) is 14.3 Å². The summed E-state index contributed by atoms with van der Waals surface area (Å²) in [5.41, 5.74) is 0.0277. The van der Waals surface area contributed by atoms with E-state index < -0.39 is 12.2 Å². The van der Waals surface area contributed by atoms with Gasteiger partial charge in [-0.05, 0) is 43.9 Å². The highest BCUT2D eigenvalue weighted by atomic mass is 16.5. The van der Waals surface area contributed by atoms with Crippen LogP contribution in [0.25, 0.3) is 0 Å². The number of Topliss-reactive ketones (excluding diaryl/α,β-unsaturated/α-hetero) is 1. The van der Waals surface area contributed by atoms with Crippen LogP contribution in [0, 0.1) is 29.1 Å². The highest BCUT2D eigenvalue weighted by Gasteiger charge is 2.42. The van der Waals surface area contributed by atoms with Crippen molar-refractivity contribution < 1.29 is 24.5 Å². The minimum absolute atomic E-state index is 0.0277. The number of unbranched alkanes of at least 4 members (excludes halogenated alkanes) is 1. The van der Waals surface area contributed by atoms with Crippen LogP contribution in [0.5, 0.6) is 0 Å². The second-order valence-electron chi connectivity index (χ2n) is 8.55. The van der Waals surface area contributed by atoms with E-state index in [9.17, 15) is 19.8 Å². The molecule has 29 heavy (non-hydrogen) atoms. The summed E-state index contributed by atoms with van der Waals surface area (Å²) in [5, 5.41) is 20.9. The van der Waals surface area contributed by atoms with E-state index >= 15 is 0 Å². The second-order valence-corrected chi connectivity index (χ2v) is 8.55. The normalized spacial score (nSPS) is 26.6. The van der Waals surface area contributed by atoms with Crippen LogP contribution >= 0.6 is 0 Å². The third-order valence-electron chi connectivity index (χ3n) is 6.58. The first-order valence-corrected chi connectivity index (χ1v) is 11.0. The van der Waals surface area contributed by atoms with Crippen LogP contribution in [-0.4, -0.2) is 41.3 Å². The van der Waals surface area contributed by atoms with E-state index in [4.69, 9.17) is 0 Å². The van der Waals surface area contributed by atoms with Gasteiger partial charge in [0.25, 0.3) is 0 Å². The Hall–Kier alpha value is -1.64. The van der Waals surface area contributed by atoms with Crippen molar-refractivity contribution >= 4 is 11.8 Å². The number of ketones is 1. The average molecular weight is 405 g/mol. The fraction of sp³-hybridized carbons (Fsp3) is 0.750. The highest BCUT2D eigenvalue weighted by Crippen LogP contribution is 2.48. The van der Waals surface area contributed by atoms with Gasteiger partial charge < -0.3 is 14.9 Å². The van der Waals surface area contributed by atoms with Crippen molar-refractivity contribution in [1.82, 2.24) is 0 Å². The zero-order chi connectivity index (χ0) is 21.3. The second kappa shape index (κ2) is 11.5. The van der Waals surface area contributed by atoms with Gasteiger partial charge in [0, 0.05) is 25.2 Å². The first-order chi connectivity index (χ1) is 13.9. The maximum Gasteiger partial charge on any atom is 0.305 e. The molecule has 2 fully saturated rings. The lowest BCUT2D eigenvalue weighted by Gasteiger charge is -2.45. The van der Waals surface area contributed by atoms with Gasteiger partial charge in [-0.2, -0.15) is 0 Å². The molecule has 2 rings (SSSR count). The number of aliphatic hydroxyl groups is 2. The molecule has 5 heteroatoms. The lowest BCUT2D eigenvalue weighted by Crippen LogP contribution is -2.41. The van der Waals surface area contributed by atoms with E-state index in [1.165, 1.54) is 13.5 Å². The first kappa shape index (κ1) is 23.6. The molecule has 4 atom stereocenters. The van der Waals surface area contributed by atoms with E-state index in [-0.39, 0.29) is 35.4 Å². The topological polar surface area (TPSA) is 83.8 Å². The van der Waals surface area contributed by atoms with Gasteiger partial charge in [0.15, 0.2) is 0 Å². The molecule has 0 bridgehead atoms. The molecule has 0 aromatic heterocycles. The van der Waals surface area contributed by atoms with Crippen LogP contribution in [0.1, 0.15) is 77.6 Å². The summed E-state index contributed by atoms with van der Waals surface area (Å²) >= 11 is 0. The maximum absolute atomic E-state index is 12.3. The van der Waals surface area contributed by atoms with Crippen LogP contribution in [0.15, 0.2) is 12.2 Å². The number of methoxy groups -OCH3 is 1. The quantitative estimate of drug-likeness (QED) is 0.252. The number of aliphatic hydroxyl groups excluding tert-OH is 2. The van der Waals surface area contributed by atoms with Crippen molar-refractivity contribution in [2.45, 2.75) is 89.8 Å². The predicted molar refractivity (Wildman–Crippen MR) is 112 cm³/mol. The number of ether oxygens (including phenoxy) is 1. The molecule has 2 aliphatic carbocycles. The molecule has 0 amide bonds. The number of hydrogen-bond donors (Lipinski definition) is 2. The Balaban J connectivity index is 1.85. The van der Waals surface area contributed by atoms with Crippen molar-refractivity contribution in [2.75, 3.05) is 7.11 Å². The van der Waals surface area contributed by atoms with Gasteiger partial charge in [-0.1, -0.05) is 37.8 Å². The van der Waals surface area contributed by atoms with Crippen LogP contribution < -0.4 is 0 Å². The van der Waals surface area contributed by atoms with Crippen molar-refractivity contribution in [3.8, 4) is 11.8 Å². The van der Waals surface area contributed by atoms with Crippen LogP contribution in [0.3, 0.4) is 0 Å². The highest BCUT2D eigenvalue weighted by molar-refractivity contribution is 5.85. The van der Waals surface area contributed by atoms with Crippen LogP contribution in [0.2, 0.25) is 0 Å². The summed E-state index contributed by atoms with van der Waals surface area (Å²) < 4.78 is 4.61. The molecule has 0 saturated heterocycles. The van der Waals surface area contributed by atoms with Crippen molar-refractivity contribution in [1.29, 1.82) is 0 Å². The summed E-state index contributed by atoms with van der Waals surface area (Å²) in [6.45, 7) is 2.15. The monoisotopic (exact) mass is 404 g/mol. The smallest absolute Gasteiger partial charge is 0.305 e. The maximum atomic E-state index is 12.3. The zero-order valence-corrected chi connectivity index (χ0v) is 17.9. The van der Waals surface area contributed by atoms with E-state index in [0.29, 0.717) is 25.7 Å². The van der Waals surface area contributed by atoms with E-state index in [2.05, 4.69) is 23.5 Å². The molecule has 2 N–H and O–H groups in total. The molecule has 162 valence electrons. The van der Waals surface area contributed by atoms with Gasteiger partial charge in [0.05, 0.1) is 25.2 Å². The number of carbonyl (C=O) groups is 2. The molecule has 0 aromatic rings. The fourth-order valence-electron chi connectivity index (χ4n) is 4.62. The molecule has 1 unspecified atom stereocenters. The Morgan fingerprint density at radius 1 is 1.38 bits per heavy atom. The Morgan fingerprint density at radius 3 is 2.76 bits per heavy atom. The summed E-state index contributed by atoms with van der Waals surface area (Å²) in [5.74, 6) is 5.37. The molecule has 0 radical (unpaired) electrons. The Kier molecular flexibility index (Phi) is 9.39. The molecule has 0 aromatic carbocycles. The number of allylic oxidation sites excluding steroid dienone is 2. The standard InChI is InChI=1S/C24H36O5/c1-3-14-24(15-9-16-24)22(27)12-8-11-19-18(20(25)17-21(19)26)10-6-4-5-7-13-23(28)29-2/h4,6,18-19,21-22,26-27H,3,5,7,9-10,12-17H2,1-2H3/t18-,19-,21-,22?/m1/s1. The largest absolute Gasteiger partial charge is 0.469 e. The van der Waals surface area contributed by atoms with Crippen molar-refractivity contribution in [3.63, 3.8) is 0 Å². The number of rotatable bonds is 10. The molecule has 0 heterocycles.